The van der Waals surface area contributed by atoms with Crippen LogP contribution in [-0.4, -0.2) is 39.4 Å². The van der Waals surface area contributed by atoms with Gasteiger partial charge in [0.2, 0.25) is 5.95 Å². The minimum atomic E-state index is -2.59. The maximum Gasteiger partial charge on any atom is 0.263 e. The summed E-state index contributed by atoms with van der Waals surface area (Å²) in [5.74, 6) is -0.352. The number of nitrogens with zero attached hydrogens (tertiary/aromatic N) is 3. The van der Waals surface area contributed by atoms with Crippen LogP contribution in [0.5, 0.6) is 0 Å². The number of aromatic nitrogens is 2. The molecule has 0 saturated heterocycles. The van der Waals surface area contributed by atoms with Gasteiger partial charge in [0.1, 0.15) is 0 Å². The summed E-state index contributed by atoms with van der Waals surface area (Å²) in [6.45, 7) is 3.76. The Balaban J connectivity index is 1.56. The Morgan fingerprint density at radius 2 is 1.59 bits per heavy atom. The predicted octanol–water partition coefficient (Wildman–Crippen LogP) is 6.60. The third kappa shape index (κ3) is 6.18. The molecule has 5 rings (SSSR count). The predicted molar refractivity (Wildman–Crippen MR) is 166 cm³/mol. The summed E-state index contributed by atoms with van der Waals surface area (Å²) in [4.78, 5) is 46.2. The van der Waals surface area contributed by atoms with Gasteiger partial charge in [-0.05, 0) is 68.3 Å². The van der Waals surface area contributed by atoms with Crippen molar-refractivity contribution >= 4 is 41.0 Å². The van der Waals surface area contributed by atoms with Crippen LogP contribution in [0.3, 0.4) is 0 Å². The molecule has 8 nitrogen and oxygen atoms in total. The molecule has 0 bridgehead atoms. The fourth-order valence-corrected chi connectivity index (χ4v) is 5.47. The van der Waals surface area contributed by atoms with Gasteiger partial charge in [-0.25, -0.2) is 18.3 Å². The lowest BCUT2D eigenvalue weighted by atomic mass is 9.98. The SMILES string of the molecule is CNC(=O)c1ccc(-n2c(N[C@@H](C)c3ccc(C(F)F)cc3)nc3c(c2=O)C[C@@H](C)N(C(=O)c2ccc(Cl)c(Cl)c2)C3)cc1. The molecule has 2 N–H and O–H groups in total. The molecular formula is C32H29Cl2F2N5O3. The van der Waals surface area contributed by atoms with Crippen molar-refractivity contribution in [3.8, 4) is 5.69 Å². The molecular weight excluding hydrogens is 611 g/mol. The summed E-state index contributed by atoms with van der Waals surface area (Å²) in [5.41, 5.74) is 2.44. The number of amides is 2. The molecule has 0 spiro atoms. The molecule has 0 radical (unpaired) electrons. The van der Waals surface area contributed by atoms with E-state index in [1.807, 2.05) is 13.8 Å². The summed E-state index contributed by atoms with van der Waals surface area (Å²) < 4.78 is 27.7. The lowest BCUT2D eigenvalue weighted by molar-refractivity contribution is 0.0653. The number of rotatable bonds is 7. The Labute approximate surface area is 262 Å². The van der Waals surface area contributed by atoms with Crippen LogP contribution in [0, 0.1) is 0 Å². The van der Waals surface area contributed by atoms with Gasteiger partial charge in [-0.3, -0.25) is 14.4 Å². The highest BCUT2D eigenvalue weighted by Gasteiger charge is 2.32. The second kappa shape index (κ2) is 12.8. The number of halogens is 4. The van der Waals surface area contributed by atoms with E-state index in [9.17, 15) is 23.2 Å². The largest absolute Gasteiger partial charge is 0.355 e. The van der Waals surface area contributed by atoms with E-state index < -0.39 is 12.5 Å². The van der Waals surface area contributed by atoms with Crippen LogP contribution in [0.4, 0.5) is 14.7 Å². The second-order valence-electron chi connectivity index (χ2n) is 10.6. The van der Waals surface area contributed by atoms with Crippen molar-refractivity contribution in [2.45, 2.75) is 45.3 Å². The topological polar surface area (TPSA) is 96.3 Å². The van der Waals surface area contributed by atoms with Crippen molar-refractivity contribution in [1.82, 2.24) is 19.8 Å². The van der Waals surface area contributed by atoms with Gasteiger partial charge >= 0.3 is 0 Å². The smallest absolute Gasteiger partial charge is 0.263 e. The van der Waals surface area contributed by atoms with E-state index in [0.717, 1.165) is 0 Å². The maximum atomic E-state index is 14.1. The van der Waals surface area contributed by atoms with Crippen molar-refractivity contribution in [1.29, 1.82) is 0 Å². The van der Waals surface area contributed by atoms with E-state index in [1.54, 1.807) is 53.4 Å². The van der Waals surface area contributed by atoms with Gasteiger partial charge < -0.3 is 15.5 Å². The number of carbonyl (C=O) groups is 2. The fourth-order valence-electron chi connectivity index (χ4n) is 5.18. The average molecular weight is 641 g/mol. The zero-order valence-electron chi connectivity index (χ0n) is 24.1. The summed E-state index contributed by atoms with van der Waals surface area (Å²) in [5, 5.41) is 6.42. The molecule has 1 aliphatic heterocycles. The van der Waals surface area contributed by atoms with E-state index in [4.69, 9.17) is 28.2 Å². The zero-order valence-corrected chi connectivity index (χ0v) is 25.6. The first-order valence-electron chi connectivity index (χ1n) is 13.9. The molecule has 0 aliphatic carbocycles. The normalized spacial score (nSPS) is 15.1. The fraction of sp³-hybridized carbons (Fsp3) is 0.250. The third-order valence-corrected chi connectivity index (χ3v) is 8.43. The van der Waals surface area contributed by atoms with Crippen LogP contribution in [0.15, 0.2) is 71.5 Å². The van der Waals surface area contributed by atoms with Gasteiger partial charge in [-0.2, -0.15) is 0 Å². The van der Waals surface area contributed by atoms with Gasteiger partial charge in [-0.15, -0.1) is 0 Å². The quantitative estimate of drug-likeness (QED) is 0.238. The molecule has 44 heavy (non-hydrogen) atoms. The Morgan fingerprint density at radius 3 is 2.20 bits per heavy atom. The van der Waals surface area contributed by atoms with Crippen molar-refractivity contribution < 1.29 is 18.4 Å². The number of nitrogens with one attached hydrogen (secondary N) is 2. The number of carbonyl (C=O) groups excluding carboxylic acids is 2. The van der Waals surface area contributed by atoms with Gasteiger partial charge in [0, 0.05) is 35.3 Å². The van der Waals surface area contributed by atoms with Gasteiger partial charge in [-0.1, -0.05) is 47.5 Å². The highest BCUT2D eigenvalue weighted by Crippen LogP contribution is 2.29. The minimum absolute atomic E-state index is 0.0768. The molecule has 0 unspecified atom stereocenters. The minimum Gasteiger partial charge on any atom is -0.355 e. The number of hydrogen-bond donors (Lipinski definition) is 2. The molecule has 2 amide bonds. The van der Waals surface area contributed by atoms with Crippen molar-refractivity contribution in [2.75, 3.05) is 12.4 Å². The molecule has 228 valence electrons. The van der Waals surface area contributed by atoms with Crippen molar-refractivity contribution in [3.63, 3.8) is 0 Å². The van der Waals surface area contributed by atoms with Gasteiger partial charge in [0.05, 0.1) is 34.0 Å². The molecule has 4 aromatic rings. The zero-order chi connectivity index (χ0) is 31.7. The number of fused-ring (bicyclic) bond motifs is 1. The molecule has 3 aromatic carbocycles. The standard InChI is InChI=1S/C32H29Cl2F2N5O3/c1-17-14-24-27(16-40(17)30(43)22-10-13-25(33)26(34)15-22)39-32(38-18(2)19-4-6-20(7-5-19)28(35)36)41(31(24)44)23-11-8-21(9-12-23)29(42)37-3/h4-13,15,17-18,28H,14,16H2,1-3H3,(H,37,42)(H,38,39)/t17-,18+/m1/s1. The summed E-state index contributed by atoms with van der Waals surface area (Å²) in [6.07, 6.45) is -2.33. The maximum absolute atomic E-state index is 14.1. The number of anilines is 1. The first kappa shape index (κ1) is 31.2. The lowest BCUT2D eigenvalue weighted by Gasteiger charge is -2.35. The third-order valence-electron chi connectivity index (χ3n) is 7.69. The molecule has 1 aromatic heterocycles. The first-order valence-corrected chi connectivity index (χ1v) is 14.6. The molecule has 2 atom stereocenters. The average Bonchev–Trinajstić information content (AvgIpc) is 3.02. The lowest BCUT2D eigenvalue weighted by Crippen LogP contribution is -2.46. The van der Waals surface area contributed by atoms with Crippen LogP contribution in [0.25, 0.3) is 5.69 Å². The van der Waals surface area contributed by atoms with Crippen molar-refractivity contribution in [3.05, 3.63) is 121 Å². The first-order chi connectivity index (χ1) is 21.0. The van der Waals surface area contributed by atoms with Crippen molar-refractivity contribution in [2.24, 2.45) is 0 Å². The number of benzene rings is 3. The number of hydrogen-bond acceptors (Lipinski definition) is 5. The van der Waals surface area contributed by atoms with Crippen LogP contribution in [0.2, 0.25) is 10.0 Å². The Morgan fingerprint density at radius 1 is 0.955 bits per heavy atom. The van der Waals surface area contributed by atoms with Gasteiger partial charge in [0.25, 0.3) is 23.8 Å². The Hall–Kier alpha value is -4.28. The summed E-state index contributed by atoms with van der Waals surface area (Å²) in [7, 11) is 1.53. The molecule has 12 heteroatoms. The second-order valence-corrected chi connectivity index (χ2v) is 11.4. The Kier molecular flexibility index (Phi) is 9.03. The highest BCUT2D eigenvalue weighted by atomic mass is 35.5. The summed E-state index contributed by atoms with van der Waals surface area (Å²) in [6, 6.07) is 16.3. The van der Waals surface area contributed by atoms with E-state index in [0.29, 0.717) is 38.7 Å². The molecule has 2 heterocycles. The Bertz CT molecular complexity index is 1780. The summed E-state index contributed by atoms with van der Waals surface area (Å²) >= 11 is 12.2. The van der Waals surface area contributed by atoms with Crippen LogP contribution in [-0.2, 0) is 13.0 Å². The van der Waals surface area contributed by atoms with Crippen LogP contribution in [0.1, 0.15) is 69.4 Å². The van der Waals surface area contributed by atoms with Crippen LogP contribution < -0.4 is 16.2 Å². The van der Waals surface area contributed by atoms with E-state index in [1.165, 1.54) is 29.8 Å². The van der Waals surface area contributed by atoms with E-state index in [2.05, 4.69) is 10.6 Å². The number of alkyl halides is 2. The van der Waals surface area contributed by atoms with E-state index in [-0.39, 0.29) is 52.9 Å². The van der Waals surface area contributed by atoms with Crippen LogP contribution >= 0.6 is 23.2 Å². The monoisotopic (exact) mass is 639 g/mol. The molecule has 0 fully saturated rings. The van der Waals surface area contributed by atoms with E-state index >= 15 is 0 Å². The molecule has 0 saturated carbocycles. The molecule has 1 aliphatic rings. The van der Waals surface area contributed by atoms with Gasteiger partial charge in [0.15, 0.2) is 0 Å². The highest BCUT2D eigenvalue weighted by molar-refractivity contribution is 6.42.